The second kappa shape index (κ2) is 7.99. The SMILES string of the molecule is N.O=S(=O)(O)C(F)C(F)(F)C(F)(F)C(F)C(F)C(F)C(F)C(F)F. The third-order valence-electron chi connectivity index (χ3n) is 2.47. The van der Waals surface area contributed by atoms with Gasteiger partial charge in [-0.2, -0.15) is 26.0 Å². The van der Waals surface area contributed by atoms with E-state index >= 15 is 0 Å². The molecule has 0 rings (SSSR count). The van der Waals surface area contributed by atoms with E-state index in [9.17, 15) is 56.7 Å². The number of alkyl halides is 11. The summed E-state index contributed by atoms with van der Waals surface area (Å²) < 4.78 is 167. The third kappa shape index (κ3) is 4.81. The van der Waals surface area contributed by atoms with Crippen molar-refractivity contribution in [1.82, 2.24) is 6.15 Å². The zero-order valence-electron chi connectivity index (χ0n) is 11.0. The molecule has 0 aliphatic carbocycles. The minimum atomic E-state index is -6.63. The highest BCUT2D eigenvalue weighted by Crippen LogP contribution is 2.45. The minimum absolute atomic E-state index is 0. The van der Waals surface area contributed by atoms with Crippen LogP contribution in [0.1, 0.15) is 0 Å². The first-order chi connectivity index (χ1) is 9.99. The van der Waals surface area contributed by atoms with Crippen LogP contribution in [0.25, 0.3) is 0 Å². The van der Waals surface area contributed by atoms with Crippen molar-refractivity contribution in [3.8, 4) is 0 Å². The summed E-state index contributed by atoms with van der Waals surface area (Å²) in [6.07, 6.45) is -22.6. The van der Waals surface area contributed by atoms with E-state index in [1.54, 1.807) is 0 Å². The molecule has 0 bridgehead atoms. The van der Waals surface area contributed by atoms with Crippen LogP contribution in [-0.2, 0) is 10.1 Å². The Morgan fingerprint density at radius 1 is 0.708 bits per heavy atom. The number of hydrogen-bond donors (Lipinski definition) is 2. The van der Waals surface area contributed by atoms with Crippen LogP contribution in [0.5, 0.6) is 0 Å². The molecule has 0 saturated heterocycles. The molecular weight excluding hydrogens is 399 g/mol. The molecule has 0 aromatic carbocycles. The molecule has 0 heterocycles. The van der Waals surface area contributed by atoms with Gasteiger partial charge in [0.25, 0.3) is 11.9 Å². The van der Waals surface area contributed by atoms with Gasteiger partial charge in [0.05, 0.1) is 0 Å². The minimum Gasteiger partial charge on any atom is -0.344 e. The molecule has 0 amide bonds. The lowest BCUT2D eigenvalue weighted by Gasteiger charge is -2.32. The Kier molecular flexibility index (Phi) is 8.43. The zero-order chi connectivity index (χ0) is 19.0. The summed E-state index contributed by atoms with van der Waals surface area (Å²) in [4.78, 5) is 0. The summed E-state index contributed by atoms with van der Waals surface area (Å²) >= 11 is 0. The highest BCUT2D eigenvalue weighted by molar-refractivity contribution is 7.86. The lowest BCUT2D eigenvalue weighted by atomic mass is 9.98. The molecule has 4 N–H and O–H groups in total. The monoisotopic (exact) mass is 409 g/mol. The van der Waals surface area contributed by atoms with Gasteiger partial charge in [-0.1, -0.05) is 0 Å². The first-order valence-corrected chi connectivity index (χ1v) is 6.70. The predicted octanol–water partition coefficient (Wildman–Crippen LogP) is 3.22. The molecule has 0 saturated carbocycles. The smallest absolute Gasteiger partial charge is 0.344 e. The standard InChI is InChI=1S/C8H7F11O3S.H3N/c9-1(3(11)5(13)14)2(10)4(12)7(16,17)8(18,19)6(15)23(20,21)22;/h1-6H,(H,20,21,22);1H3. The molecule has 0 aliphatic heterocycles. The Bertz CT molecular complexity index is 501. The average Bonchev–Trinajstić information content (AvgIpc) is 2.41. The summed E-state index contributed by atoms with van der Waals surface area (Å²) in [5.41, 5.74) is -5.15. The normalized spacial score (nSPS) is 20.0. The average molecular weight is 409 g/mol. The van der Waals surface area contributed by atoms with Crippen LogP contribution in [0.4, 0.5) is 48.3 Å². The molecule has 0 spiro atoms. The van der Waals surface area contributed by atoms with E-state index in [1.165, 1.54) is 0 Å². The van der Waals surface area contributed by atoms with E-state index in [-0.39, 0.29) is 6.15 Å². The Labute approximate surface area is 127 Å². The van der Waals surface area contributed by atoms with Gasteiger partial charge in [0, 0.05) is 0 Å². The highest BCUT2D eigenvalue weighted by atomic mass is 32.2. The number of hydrogen-bond acceptors (Lipinski definition) is 3. The van der Waals surface area contributed by atoms with Crippen LogP contribution in [0.3, 0.4) is 0 Å². The van der Waals surface area contributed by atoms with E-state index < -0.39 is 58.6 Å². The van der Waals surface area contributed by atoms with Gasteiger partial charge >= 0.3 is 22.0 Å². The van der Waals surface area contributed by atoms with Crippen molar-refractivity contribution in [2.75, 3.05) is 0 Å². The van der Waals surface area contributed by atoms with Crippen molar-refractivity contribution in [2.45, 2.75) is 48.5 Å². The summed E-state index contributed by atoms with van der Waals surface area (Å²) in [5.74, 6) is -13.3. The number of rotatable bonds is 8. The van der Waals surface area contributed by atoms with Crippen LogP contribution in [0.15, 0.2) is 0 Å². The van der Waals surface area contributed by atoms with Crippen LogP contribution in [0, 0.1) is 0 Å². The molecule has 0 radical (unpaired) electrons. The van der Waals surface area contributed by atoms with E-state index in [0.717, 1.165) is 0 Å². The first-order valence-electron chi connectivity index (χ1n) is 5.20. The van der Waals surface area contributed by atoms with Gasteiger partial charge in [-0.05, 0) is 0 Å². The molecule has 4 nitrogen and oxygen atoms in total. The van der Waals surface area contributed by atoms with Crippen molar-refractivity contribution < 1.29 is 61.3 Å². The maximum Gasteiger partial charge on any atom is 0.360 e. The van der Waals surface area contributed by atoms with Gasteiger partial charge in [0.2, 0.25) is 6.17 Å². The summed E-state index contributed by atoms with van der Waals surface area (Å²) in [7, 11) is -6.53. The van der Waals surface area contributed by atoms with Crippen molar-refractivity contribution >= 4 is 10.1 Å². The van der Waals surface area contributed by atoms with E-state index in [2.05, 4.69) is 0 Å². The molecule has 0 aromatic heterocycles. The van der Waals surface area contributed by atoms with Crippen molar-refractivity contribution in [3.63, 3.8) is 0 Å². The molecule has 0 aliphatic rings. The van der Waals surface area contributed by atoms with Crippen LogP contribution in [-0.4, -0.2) is 61.4 Å². The second-order valence-corrected chi connectivity index (χ2v) is 5.59. The van der Waals surface area contributed by atoms with E-state index in [4.69, 9.17) is 4.55 Å². The van der Waals surface area contributed by atoms with Gasteiger partial charge in [-0.15, -0.1) is 0 Å². The van der Waals surface area contributed by atoms with Crippen molar-refractivity contribution in [1.29, 1.82) is 0 Å². The molecule has 0 fully saturated rings. The first kappa shape index (κ1) is 25.3. The summed E-state index contributed by atoms with van der Waals surface area (Å²) in [5, 5.41) is 0. The maximum absolute atomic E-state index is 13.0. The molecule has 148 valence electrons. The molecule has 16 heteroatoms. The fraction of sp³-hybridized carbons (Fsp3) is 1.00. The lowest BCUT2D eigenvalue weighted by molar-refractivity contribution is -0.264. The molecular formula is C8H10F11NO3S. The quantitative estimate of drug-likeness (QED) is 0.476. The summed E-state index contributed by atoms with van der Waals surface area (Å²) in [6, 6.07) is 0. The third-order valence-corrected chi connectivity index (χ3v) is 3.29. The second-order valence-electron chi connectivity index (χ2n) is 4.15. The lowest BCUT2D eigenvalue weighted by Crippen LogP contribution is -2.59. The maximum atomic E-state index is 13.0. The Hall–Kier alpha value is -0.900. The molecule has 24 heavy (non-hydrogen) atoms. The van der Waals surface area contributed by atoms with Crippen LogP contribution in [0.2, 0.25) is 0 Å². The summed E-state index contributed by atoms with van der Waals surface area (Å²) in [6.45, 7) is 0. The fourth-order valence-corrected chi connectivity index (χ4v) is 1.73. The molecule has 5 unspecified atom stereocenters. The topological polar surface area (TPSA) is 89.4 Å². The highest BCUT2D eigenvalue weighted by Gasteiger charge is 2.72. The Balaban J connectivity index is 0. The molecule has 5 atom stereocenters. The largest absolute Gasteiger partial charge is 0.360 e. The zero-order valence-corrected chi connectivity index (χ0v) is 11.8. The number of halogens is 11. The van der Waals surface area contributed by atoms with Crippen LogP contribution >= 0.6 is 0 Å². The molecule has 0 aromatic rings. The van der Waals surface area contributed by atoms with E-state index in [0.29, 0.717) is 0 Å². The van der Waals surface area contributed by atoms with Crippen LogP contribution < -0.4 is 6.15 Å². The van der Waals surface area contributed by atoms with Gasteiger partial charge in [-0.3, -0.25) is 4.55 Å². The van der Waals surface area contributed by atoms with Crippen molar-refractivity contribution in [2.24, 2.45) is 0 Å². The Morgan fingerprint density at radius 2 is 1.08 bits per heavy atom. The predicted molar refractivity (Wildman–Crippen MR) is 56.9 cm³/mol. The fourth-order valence-electron chi connectivity index (χ4n) is 1.20. The van der Waals surface area contributed by atoms with E-state index in [1.807, 2.05) is 0 Å². The van der Waals surface area contributed by atoms with Gasteiger partial charge in [0.15, 0.2) is 18.5 Å². The Morgan fingerprint density at radius 3 is 1.38 bits per heavy atom. The van der Waals surface area contributed by atoms with Gasteiger partial charge in [-0.25, -0.2) is 30.7 Å². The van der Waals surface area contributed by atoms with Gasteiger partial charge < -0.3 is 6.15 Å². The van der Waals surface area contributed by atoms with Crippen molar-refractivity contribution in [3.05, 3.63) is 0 Å². The van der Waals surface area contributed by atoms with Gasteiger partial charge in [0.1, 0.15) is 0 Å².